The molecule has 0 bridgehead atoms. The van der Waals surface area contributed by atoms with Gasteiger partial charge in [-0.1, -0.05) is 22.9 Å². The van der Waals surface area contributed by atoms with Crippen molar-refractivity contribution in [1.29, 1.82) is 0 Å². The van der Waals surface area contributed by atoms with Crippen LogP contribution in [0.5, 0.6) is 0 Å². The van der Waals surface area contributed by atoms with Crippen LogP contribution in [0.3, 0.4) is 0 Å². The van der Waals surface area contributed by atoms with Crippen LogP contribution >= 0.6 is 27.3 Å². The third-order valence-corrected chi connectivity index (χ3v) is 4.79. The topological polar surface area (TPSA) is 16.1 Å². The molecule has 15 heavy (non-hydrogen) atoms. The minimum atomic E-state index is 0.856. The molecule has 1 aliphatic rings. The molecule has 1 unspecified atom stereocenters. The van der Waals surface area contributed by atoms with E-state index in [2.05, 4.69) is 32.7 Å². The van der Waals surface area contributed by atoms with Crippen molar-refractivity contribution < 1.29 is 0 Å². The minimum Gasteiger partial charge on any atom is -0.296 e. The van der Waals surface area contributed by atoms with Gasteiger partial charge in [-0.15, -0.1) is 11.3 Å². The average molecular weight is 289 g/mol. The third-order valence-electron chi connectivity index (χ3n) is 2.83. The maximum Gasteiger partial charge on any atom is 0.107 e. The highest BCUT2D eigenvalue weighted by molar-refractivity contribution is 9.08. The quantitative estimate of drug-likeness (QED) is 0.794. The first kappa shape index (κ1) is 11.6. The van der Waals surface area contributed by atoms with E-state index in [9.17, 15) is 0 Å². The second-order valence-corrected chi connectivity index (χ2v) is 6.10. The number of hydrogen-bond donors (Lipinski definition) is 0. The predicted molar refractivity (Wildman–Crippen MR) is 68.4 cm³/mol. The van der Waals surface area contributed by atoms with Crippen molar-refractivity contribution in [1.82, 2.24) is 9.88 Å². The van der Waals surface area contributed by atoms with Crippen molar-refractivity contribution in [2.45, 2.75) is 31.6 Å². The second-order valence-electron chi connectivity index (χ2n) is 4.34. The van der Waals surface area contributed by atoms with Crippen LogP contribution in [0.2, 0.25) is 0 Å². The Balaban J connectivity index is 1.90. The highest BCUT2D eigenvalue weighted by atomic mass is 79.9. The van der Waals surface area contributed by atoms with E-state index in [1.165, 1.54) is 35.8 Å². The highest BCUT2D eigenvalue weighted by Gasteiger charge is 2.17. The number of hydrogen-bond acceptors (Lipinski definition) is 3. The van der Waals surface area contributed by atoms with E-state index in [1.807, 2.05) is 17.5 Å². The summed E-state index contributed by atoms with van der Waals surface area (Å²) in [7, 11) is 0. The predicted octanol–water partition coefficient (Wildman–Crippen LogP) is 3.27. The molecular weight excluding hydrogens is 272 g/mol. The van der Waals surface area contributed by atoms with Gasteiger partial charge in [0.2, 0.25) is 0 Å². The number of likely N-dealkylation sites (tertiary alicyclic amines) is 1. The fraction of sp³-hybridized carbons (Fsp3) is 0.727. The average Bonchev–Trinajstić information content (AvgIpc) is 2.65. The Hall–Kier alpha value is 0.0700. The van der Waals surface area contributed by atoms with Gasteiger partial charge in [0, 0.05) is 22.9 Å². The fourth-order valence-corrected chi connectivity index (χ4v) is 3.41. The Kier molecular flexibility index (Phi) is 4.17. The second kappa shape index (κ2) is 5.41. The first-order valence-corrected chi connectivity index (χ1v) is 7.43. The largest absolute Gasteiger partial charge is 0.296 e. The summed E-state index contributed by atoms with van der Waals surface area (Å²) in [6.45, 7) is 5.87. The molecule has 1 atom stereocenters. The summed E-state index contributed by atoms with van der Waals surface area (Å²) in [6, 6.07) is 0. The molecular formula is C11H17BrN2S. The van der Waals surface area contributed by atoms with Gasteiger partial charge in [-0.05, 0) is 25.3 Å². The molecule has 0 saturated carbocycles. The highest BCUT2D eigenvalue weighted by Crippen LogP contribution is 2.21. The van der Waals surface area contributed by atoms with Crippen molar-refractivity contribution in [3.8, 4) is 0 Å². The van der Waals surface area contributed by atoms with E-state index < -0.39 is 0 Å². The maximum absolute atomic E-state index is 4.45. The smallest absolute Gasteiger partial charge is 0.107 e. The molecule has 1 aromatic heterocycles. The monoisotopic (exact) mass is 288 g/mol. The van der Waals surface area contributed by atoms with Gasteiger partial charge in [0.15, 0.2) is 0 Å². The minimum absolute atomic E-state index is 0.856. The van der Waals surface area contributed by atoms with E-state index in [4.69, 9.17) is 0 Å². The van der Waals surface area contributed by atoms with Crippen LogP contribution in [0, 0.1) is 5.92 Å². The first-order chi connectivity index (χ1) is 7.28. The van der Waals surface area contributed by atoms with Crippen LogP contribution in [0.25, 0.3) is 0 Å². The summed E-state index contributed by atoms with van der Waals surface area (Å²) in [5.41, 5.74) is 0. The van der Waals surface area contributed by atoms with Crippen LogP contribution in [-0.2, 0) is 11.9 Å². The van der Waals surface area contributed by atoms with Crippen molar-refractivity contribution in [3.05, 3.63) is 16.1 Å². The number of thiazole rings is 1. The lowest BCUT2D eigenvalue weighted by atomic mass is 10.0. The lowest BCUT2D eigenvalue weighted by Gasteiger charge is -2.29. The normalized spacial score (nSPS) is 23.2. The number of aromatic nitrogens is 1. The van der Waals surface area contributed by atoms with Gasteiger partial charge in [-0.3, -0.25) is 4.90 Å². The van der Waals surface area contributed by atoms with Crippen LogP contribution in [-0.4, -0.2) is 23.0 Å². The Morgan fingerprint density at radius 1 is 1.67 bits per heavy atom. The van der Waals surface area contributed by atoms with Gasteiger partial charge in [0.1, 0.15) is 5.01 Å². The Morgan fingerprint density at radius 3 is 3.20 bits per heavy atom. The van der Waals surface area contributed by atoms with Crippen LogP contribution < -0.4 is 0 Å². The molecule has 0 aliphatic carbocycles. The van der Waals surface area contributed by atoms with Crippen molar-refractivity contribution >= 4 is 27.3 Å². The number of nitrogens with zero attached hydrogens (tertiary/aromatic N) is 2. The van der Waals surface area contributed by atoms with E-state index in [1.54, 1.807) is 0 Å². The number of rotatable bonds is 3. The Labute approximate surface area is 104 Å². The van der Waals surface area contributed by atoms with Crippen LogP contribution in [0.4, 0.5) is 0 Å². The number of halogens is 1. The molecule has 0 radical (unpaired) electrons. The van der Waals surface area contributed by atoms with Gasteiger partial charge in [-0.25, -0.2) is 4.98 Å². The summed E-state index contributed by atoms with van der Waals surface area (Å²) < 4.78 is 0. The molecule has 0 N–H and O–H groups in total. The van der Waals surface area contributed by atoms with E-state index >= 15 is 0 Å². The zero-order chi connectivity index (χ0) is 10.7. The molecule has 2 heterocycles. The molecule has 0 spiro atoms. The van der Waals surface area contributed by atoms with Gasteiger partial charge in [-0.2, -0.15) is 0 Å². The van der Waals surface area contributed by atoms with Gasteiger partial charge in [0.05, 0.1) is 6.54 Å². The van der Waals surface area contributed by atoms with Crippen molar-refractivity contribution in [2.24, 2.45) is 5.92 Å². The van der Waals surface area contributed by atoms with Gasteiger partial charge in [0.25, 0.3) is 0 Å². The molecule has 0 amide bonds. The SMILES string of the molecule is CC1CCCN(Cc2ncc(CBr)s2)C1. The van der Waals surface area contributed by atoms with Crippen molar-refractivity contribution in [3.63, 3.8) is 0 Å². The zero-order valence-electron chi connectivity index (χ0n) is 9.08. The molecule has 1 aromatic rings. The molecule has 1 aliphatic heterocycles. The van der Waals surface area contributed by atoms with Crippen molar-refractivity contribution in [2.75, 3.05) is 13.1 Å². The lowest BCUT2D eigenvalue weighted by Crippen LogP contribution is -2.33. The summed E-state index contributed by atoms with van der Waals surface area (Å²) in [5.74, 6) is 0.856. The number of alkyl halides is 1. The first-order valence-electron chi connectivity index (χ1n) is 5.50. The van der Waals surface area contributed by atoms with E-state index in [-0.39, 0.29) is 0 Å². The molecule has 0 aromatic carbocycles. The molecule has 84 valence electrons. The van der Waals surface area contributed by atoms with E-state index in [0.717, 1.165) is 17.8 Å². The Bertz CT molecular complexity index is 313. The van der Waals surface area contributed by atoms with Crippen LogP contribution in [0.1, 0.15) is 29.7 Å². The fourth-order valence-electron chi connectivity index (χ4n) is 2.10. The molecule has 2 rings (SSSR count). The third kappa shape index (κ3) is 3.26. The van der Waals surface area contributed by atoms with Gasteiger partial charge >= 0.3 is 0 Å². The lowest BCUT2D eigenvalue weighted by molar-refractivity contribution is 0.176. The number of piperidine rings is 1. The van der Waals surface area contributed by atoms with Gasteiger partial charge < -0.3 is 0 Å². The molecule has 4 heteroatoms. The standard InChI is InChI=1S/C11H17BrN2S/c1-9-3-2-4-14(7-9)8-11-13-6-10(5-12)15-11/h6,9H,2-5,7-8H2,1H3. The van der Waals surface area contributed by atoms with Crippen LogP contribution in [0.15, 0.2) is 6.20 Å². The maximum atomic E-state index is 4.45. The summed E-state index contributed by atoms with van der Waals surface area (Å²) in [6.07, 6.45) is 4.72. The molecule has 1 fully saturated rings. The summed E-state index contributed by atoms with van der Waals surface area (Å²) >= 11 is 5.29. The zero-order valence-corrected chi connectivity index (χ0v) is 11.5. The molecule has 2 nitrogen and oxygen atoms in total. The molecule has 1 saturated heterocycles. The van der Waals surface area contributed by atoms with E-state index in [0.29, 0.717) is 0 Å². The Morgan fingerprint density at radius 2 is 2.53 bits per heavy atom. The summed E-state index contributed by atoms with van der Waals surface area (Å²) in [4.78, 5) is 8.31. The summed E-state index contributed by atoms with van der Waals surface area (Å²) in [5, 5.41) is 2.19.